The highest BCUT2D eigenvalue weighted by molar-refractivity contribution is 7.09. The molecule has 3 aromatic rings. The zero-order valence-electron chi connectivity index (χ0n) is 16.5. The summed E-state index contributed by atoms with van der Waals surface area (Å²) in [5, 5.41) is 5.25. The van der Waals surface area contributed by atoms with Crippen LogP contribution in [0.25, 0.3) is 0 Å². The third kappa shape index (κ3) is 5.51. The first-order valence-corrected chi connectivity index (χ1v) is 9.98. The normalized spacial score (nSPS) is 10.3. The van der Waals surface area contributed by atoms with Gasteiger partial charge in [0, 0.05) is 11.1 Å². The predicted molar refractivity (Wildman–Crippen MR) is 113 cm³/mol. The molecule has 1 amide bonds. The van der Waals surface area contributed by atoms with Crippen molar-refractivity contribution in [2.45, 2.75) is 20.0 Å². The number of methoxy groups -OCH3 is 1. The smallest absolute Gasteiger partial charge is 0.338 e. The van der Waals surface area contributed by atoms with Crippen LogP contribution in [-0.4, -0.2) is 29.9 Å². The van der Waals surface area contributed by atoms with Crippen molar-refractivity contribution < 1.29 is 23.9 Å². The standard InChI is InChI=1S/C22H20N2O5S/c1-14-5-3-4-6-18(14)24-19(25)11-20-23-17(13-30-20)12-29-22(27)16-9-7-15(8-10-16)21(26)28-2/h3-10,13H,11-12H2,1-2H3,(H,24,25). The van der Waals surface area contributed by atoms with Crippen molar-refractivity contribution in [2.75, 3.05) is 12.4 Å². The highest BCUT2D eigenvalue weighted by Gasteiger charge is 2.13. The topological polar surface area (TPSA) is 94.6 Å². The third-order valence-electron chi connectivity index (χ3n) is 4.22. The van der Waals surface area contributed by atoms with Crippen molar-refractivity contribution in [1.29, 1.82) is 0 Å². The van der Waals surface area contributed by atoms with Crippen molar-refractivity contribution in [3.05, 3.63) is 81.3 Å². The number of hydrogen-bond donors (Lipinski definition) is 1. The molecule has 8 heteroatoms. The van der Waals surface area contributed by atoms with E-state index in [1.165, 1.54) is 42.7 Å². The minimum Gasteiger partial charge on any atom is -0.465 e. The molecule has 0 saturated carbocycles. The number of carbonyl (C=O) groups excluding carboxylic acids is 3. The number of carbonyl (C=O) groups is 3. The number of amides is 1. The van der Waals surface area contributed by atoms with Crippen LogP contribution in [0.2, 0.25) is 0 Å². The predicted octanol–water partition coefficient (Wildman–Crippen LogP) is 3.78. The molecule has 0 fully saturated rings. The molecule has 0 aliphatic carbocycles. The number of thiazole rings is 1. The van der Waals surface area contributed by atoms with Crippen molar-refractivity contribution >= 4 is 34.9 Å². The maximum atomic E-state index is 12.2. The molecule has 7 nitrogen and oxygen atoms in total. The number of nitrogens with one attached hydrogen (secondary N) is 1. The molecule has 154 valence electrons. The van der Waals surface area contributed by atoms with Gasteiger partial charge in [-0.2, -0.15) is 0 Å². The molecule has 0 bridgehead atoms. The molecule has 0 spiro atoms. The summed E-state index contributed by atoms with van der Waals surface area (Å²) in [6.07, 6.45) is 0.141. The van der Waals surface area contributed by atoms with E-state index in [1.54, 1.807) is 5.38 Å². The highest BCUT2D eigenvalue weighted by atomic mass is 32.1. The van der Waals surface area contributed by atoms with E-state index in [4.69, 9.17) is 4.74 Å². The van der Waals surface area contributed by atoms with Gasteiger partial charge in [0.2, 0.25) is 5.91 Å². The number of nitrogens with zero attached hydrogens (tertiary/aromatic N) is 1. The maximum absolute atomic E-state index is 12.2. The molecule has 3 rings (SSSR count). The fourth-order valence-electron chi connectivity index (χ4n) is 2.62. The van der Waals surface area contributed by atoms with Gasteiger partial charge in [-0.25, -0.2) is 14.6 Å². The quantitative estimate of drug-likeness (QED) is 0.580. The molecule has 1 aromatic heterocycles. The van der Waals surface area contributed by atoms with Crippen LogP contribution in [0.1, 0.15) is 37.0 Å². The molecule has 0 unspecified atom stereocenters. The largest absolute Gasteiger partial charge is 0.465 e. The zero-order valence-corrected chi connectivity index (χ0v) is 17.3. The maximum Gasteiger partial charge on any atom is 0.338 e. The van der Waals surface area contributed by atoms with E-state index >= 15 is 0 Å². The monoisotopic (exact) mass is 424 g/mol. The second kappa shape index (κ2) is 9.80. The van der Waals surface area contributed by atoms with Gasteiger partial charge >= 0.3 is 11.9 Å². The van der Waals surface area contributed by atoms with Gasteiger partial charge in [0.25, 0.3) is 0 Å². The molecule has 0 saturated heterocycles. The summed E-state index contributed by atoms with van der Waals surface area (Å²) in [6, 6.07) is 13.5. The van der Waals surface area contributed by atoms with Crippen LogP contribution in [0.15, 0.2) is 53.9 Å². The van der Waals surface area contributed by atoms with E-state index in [9.17, 15) is 14.4 Å². The Morgan fingerprint density at radius 1 is 1.00 bits per heavy atom. The van der Waals surface area contributed by atoms with Crippen LogP contribution in [0.4, 0.5) is 5.69 Å². The molecule has 0 aliphatic rings. The second-order valence-electron chi connectivity index (χ2n) is 6.42. The molecule has 1 N–H and O–H groups in total. The average Bonchev–Trinajstić information content (AvgIpc) is 3.20. The summed E-state index contributed by atoms with van der Waals surface area (Å²) >= 11 is 1.33. The van der Waals surface area contributed by atoms with E-state index < -0.39 is 11.9 Å². The highest BCUT2D eigenvalue weighted by Crippen LogP contribution is 2.16. The lowest BCUT2D eigenvalue weighted by Gasteiger charge is -2.06. The lowest BCUT2D eigenvalue weighted by molar-refractivity contribution is -0.115. The lowest BCUT2D eigenvalue weighted by Crippen LogP contribution is -2.15. The first kappa shape index (κ1) is 21.2. The second-order valence-corrected chi connectivity index (χ2v) is 7.36. The van der Waals surface area contributed by atoms with Crippen molar-refractivity contribution in [3.63, 3.8) is 0 Å². The van der Waals surface area contributed by atoms with Crippen LogP contribution in [0.3, 0.4) is 0 Å². The summed E-state index contributed by atoms with van der Waals surface area (Å²) < 4.78 is 9.88. The number of aryl methyl sites for hydroxylation is 1. The Bertz CT molecular complexity index is 1060. The van der Waals surface area contributed by atoms with Crippen LogP contribution in [0.5, 0.6) is 0 Å². The number of anilines is 1. The average molecular weight is 424 g/mol. The zero-order chi connectivity index (χ0) is 21.5. The minimum absolute atomic E-state index is 0.00645. The summed E-state index contributed by atoms with van der Waals surface area (Å²) in [4.78, 5) is 40.2. The van der Waals surface area contributed by atoms with Gasteiger partial charge in [0.05, 0.1) is 30.4 Å². The Morgan fingerprint density at radius 3 is 2.33 bits per heavy atom. The summed E-state index contributed by atoms with van der Waals surface area (Å²) in [5.41, 5.74) is 2.99. The Balaban J connectivity index is 1.51. The molecular weight excluding hydrogens is 404 g/mol. The van der Waals surface area contributed by atoms with E-state index in [1.807, 2.05) is 31.2 Å². The van der Waals surface area contributed by atoms with Crippen LogP contribution >= 0.6 is 11.3 Å². The number of para-hydroxylation sites is 1. The molecular formula is C22H20N2O5S. The van der Waals surface area contributed by atoms with Gasteiger partial charge in [0.15, 0.2) is 0 Å². The number of hydrogen-bond acceptors (Lipinski definition) is 7. The number of aromatic nitrogens is 1. The van der Waals surface area contributed by atoms with Crippen molar-refractivity contribution in [1.82, 2.24) is 4.98 Å². The third-order valence-corrected chi connectivity index (χ3v) is 5.12. The molecule has 0 aliphatic heterocycles. The van der Waals surface area contributed by atoms with Crippen LogP contribution < -0.4 is 5.32 Å². The Morgan fingerprint density at radius 2 is 1.67 bits per heavy atom. The van der Waals surface area contributed by atoms with Gasteiger partial charge in [-0.3, -0.25) is 4.79 Å². The van der Waals surface area contributed by atoms with Gasteiger partial charge in [-0.15, -0.1) is 11.3 Å². The molecule has 0 radical (unpaired) electrons. The van der Waals surface area contributed by atoms with Gasteiger partial charge in [-0.1, -0.05) is 18.2 Å². The summed E-state index contributed by atoms with van der Waals surface area (Å²) in [5.74, 6) is -1.16. The van der Waals surface area contributed by atoms with Crippen molar-refractivity contribution in [2.24, 2.45) is 0 Å². The summed E-state index contributed by atoms with van der Waals surface area (Å²) in [7, 11) is 1.29. The Hall–Kier alpha value is -3.52. The first-order chi connectivity index (χ1) is 14.5. The first-order valence-electron chi connectivity index (χ1n) is 9.10. The number of benzene rings is 2. The molecule has 0 atom stereocenters. The van der Waals surface area contributed by atoms with Crippen LogP contribution in [0, 0.1) is 6.92 Å². The van der Waals surface area contributed by atoms with E-state index in [2.05, 4.69) is 15.0 Å². The Labute approximate surface area is 177 Å². The molecule has 30 heavy (non-hydrogen) atoms. The van der Waals surface area contributed by atoms with Crippen LogP contribution in [-0.2, 0) is 27.3 Å². The van der Waals surface area contributed by atoms with Gasteiger partial charge in [0.1, 0.15) is 11.6 Å². The van der Waals surface area contributed by atoms with E-state index in [0.29, 0.717) is 21.8 Å². The number of esters is 2. The Kier molecular flexibility index (Phi) is 6.92. The van der Waals surface area contributed by atoms with Gasteiger partial charge < -0.3 is 14.8 Å². The lowest BCUT2D eigenvalue weighted by atomic mass is 10.1. The fraction of sp³-hybridized carbons (Fsp3) is 0.182. The molecule has 1 heterocycles. The van der Waals surface area contributed by atoms with Crippen molar-refractivity contribution in [3.8, 4) is 0 Å². The number of ether oxygens (including phenoxy) is 2. The van der Waals surface area contributed by atoms with Gasteiger partial charge in [-0.05, 0) is 42.8 Å². The minimum atomic E-state index is -0.529. The van der Waals surface area contributed by atoms with E-state index in [-0.39, 0.29) is 18.9 Å². The molecule has 2 aromatic carbocycles. The SMILES string of the molecule is COC(=O)c1ccc(C(=O)OCc2csc(CC(=O)Nc3ccccc3C)n2)cc1. The number of rotatable bonds is 7. The summed E-state index contributed by atoms with van der Waals surface area (Å²) in [6.45, 7) is 1.92. The fourth-order valence-corrected chi connectivity index (χ4v) is 3.40. The van der Waals surface area contributed by atoms with E-state index in [0.717, 1.165) is 11.3 Å².